The van der Waals surface area contributed by atoms with Gasteiger partial charge in [-0.05, 0) is 42.8 Å². The van der Waals surface area contributed by atoms with Gasteiger partial charge in [-0.3, -0.25) is 4.79 Å². The van der Waals surface area contributed by atoms with Crippen molar-refractivity contribution in [3.8, 4) is 0 Å². The molecule has 1 N–H and O–H groups in total. The van der Waals surface area contributed by atoms with Crippen LogP contribution in [0.25, 0.3) is 11.0 Å². The van der Waals surface area contributed by atoms with Crippen LogP contribution >= 0.6 is 34.8 Å². The summed E-state index contributed by atoms with van der Waals surface area (Å²) in [4.78, 5) is 24.5. The lowest BCUT2D eigenvalue weighted by Crippen LogP contribution is -2.21. The lowest BCUT2D eigenvalue weighted by Gasteiger charge is -2.09. The molecule has 122 valence electrons. The summed E-state index contributed by atoms with van der Waals surface area (Å²) < 4.78 is 5.16. The van der Waals surface area contributed by atoms with Crippen LogP contribution in [-0.4, -0.2) is 5.91 Å². The molecule has 2 aromatic carbocycles. The summed E-state index contributed by atoms with van der Waals surface area (Å²) in [6, 6.07) is 9.50. The third kappa shape index (κ3) is 3.26. The quantitative estimate of drug-likeness (QED) is 0.611. The smallest absolute Gasteiger partial charge is 0.349 e. The Morgan fingerprint density at radius 1 is 1.04 bits per heavy atom. The molecule has 0 atom stereocenters. The first-order valence-corrected chi connectivity index (χ1v) is 7.99. The van der Waals surface area contributed by atoms with Gasteiger partial charge in [0.2, 0.25) is 0 Å². The van der Waals surface area contributed by atoms with Crippen LogP contribution in [0.15, 0.2) is 45.6 Å². The fourth-order valence-corrected chi connectivity index (χ4v) is 2.95. The fourth-order valence-electron chi connectivity index (χ4n) is 2.23. The van der Waals surface area contributed by atoms with Crippen LogP contribution in [0.4, 0.5) is 5.69 Å². The Bertz CT molecular complexity index is 1030. The van der Waals surface area contributed by atoms with E-state index in [0.29, 0.717) is 21.1 Å². The summed E-state index contributed by atoms with van der Waals surface area (Å²) in [5, 5.41) is 4.16. The Balaban J connectivity index is 2.05. The van der Waals surface area contributed by atoms with Gasteiger partial charge in [-0.15, -0.1) is 0 Å². The number of nitrogens with one attached hydrogen (secondary N) is 1. The lowest BCUT2D eigenvalue weighted by molar-refractivity contribution is 0.102. The number of carbonyl (C=O) groups is 1. The molecule has 0 radical (unpaired) electrons. The molecule has 0 aliphatic rings. The van der Waals surface area contributed by atoms with E-state index in [0.717, 1.165) is 5.56 Å². The van der Waals surface area contributed by atoms with Gasteiger partial charge in [0.25, 0.3) is 5.91 Å². The average Bonchev–Trinajstić information content (AvgIpc) is 2.51. The van der Waals surface area contributed by atoms with Crippen LogP contribution in [0, 0.1) is 6.92 Å². The number of anilines is 1. The van der Waals surface area contributed by atoms with Crippen LogP contribution in [0.2, 0.25) is 15.1 Å². The van der Waals surface area contributed by atoms with E-state index in [1.807, 2.05) is 6.92 Å². The molecule has 0 aliphatic carbocycles. The zero-order valence-corrected chi connectivity index (χ0v) is 14.6. The van der Waals surface area contributed by atoms with Gasteiger partial charge >= 0.3 is 5.63 Å². The Kier molecular flexibility index (Phi) is 4.54. The van der Waals surface area contributed by atoms with Crippen molar-refractivity contribution in [1.82, 2.24) is 0 Å². The first kappa shape index (κ1) is 16.8. The summed E-state index contributed by atoms with van der Waals surface area (Å²) in [5.74, 6) is -0.605. The van der Waals surface area contributed by atoms with Crippen LogP contribution in [0.5, 0.6) is 0 Å². The lowest BCUT2D eigenvalue weighted by atomic mass is 10.1. The van der Waals surface area contributed by atoms with Crippen molar-refractivity contribution in [2.24, 2.45) is 0 Å². The Morgan fingerprint density at radius 3 is 2.54 bits per heavy atom. The van der Waals surface area contributed by atoms with Gasteiger partial charge in [0.05, 0.1) is 5.02 Å². The van der Waals surface area contributed by atoms with Gasteiger partial charge in [0, 0.05) is 21.1 Å². The predicted molar refractivity (Wildman–Crippen MR) is 96.6 cm³/mol. The van der Waals surface area contributed by atoms with Crippen LogP contribution < -0.4 is 10.9 Å². The minimum Gasteiger partial charge on any atom is -0.421 e. The van der Waals surface area contributed by atoms with Gasteiger partial charge in [0.15, 0.2) is 5.58 Å². The van der Waals surface area contributed by atoms with Crippen molar-refractivity contribution < 1.29 is 9.21 Å². The third-order valence-corrected chi connectivity index (χ3v) is 4.18. The fraction of sp³-hybridized carbons (Fsp3) is 0.0588. The monoisotopic (exact) mass is 381 g/mol. The topological polar surface area (TPSA) is 59.3 Å². The molecule has 0 aliphatic heterocycles. The van der Waals surface area contributed by atoms with E-state index in [1.54, 1.807) is 24.3 Å². The molecule has 0 unspecified atom stereocenters. The standard InChI is InChI=1S/C17H10Cl3NO3/c1-8-2-3-10(18)7-14(8)21-16(22)12-5-9-4-11(19)6-13(20)15(9)24-17(12)23/h2-7H,1H3,(H,21,22). The molecule has 1 heterocycles. The SMILES string of the molecule is Cc1ccc(Cl)cc1NC(=O)c1cc2cc(Cl)cc(Cl)c2oc1=O. The molecular weight excluding hydrogens is 373 g/mol. The van der Waals surface area contributed by atoms with Gasteiger partial charge < -0.3 is 9.73 Å². The second kappa shape index (κ2) is 6.48. The molecule has 0 bridgehead atoms. The normalized spacial score (nSPS) is 10.8. The summed E-state index contributed by atoms with van der Waals surface area (Å²) in [6.45, 7) is 1.81. The number of benzene rings is 2. The number of hydrogen-bond donors (Lipinski definition) is 1. The number of carbonyl (C=O) groups excluding carboxylic acids is 1. The highest BCUT2D eigenvalue weighted by atomic mass is 35.5. The highest BCUT2D eigenvalue weighted by Gasteiger charge is 2.16. The van der Waals surface area contributed by atoms with Crippen LogP contribution in [0.3, 0.4) is 0 Å². The average molecular weight is 383 g/mol. The number of fused-ring (bicyclic) bond motifs is 1. The molecular formula is C17H10Cl3NO3. The van der Waals surface area contributed by atoms with E-state index in [1.165, 1.54) is 12.1 Å². The van der Waals surface area contributed by atoms with Crippen molar-refractivity contribution >= 4 is 57.4 Å². The van der Waals surface area contributed by atoms with Gasteiger partial charge in [-0.25, -0.2) is 4.79 Å². The summed E-state index contributed by atoms with van der Waals surface area (Å²) in [5.41, 5.74) is 0.561. The third-order valence-electron chi connectivity index (χ3n) is 3.44. The Hall–Kier alpha value is -2.01. The number of aryl methyl sites for hydroxylation is 1. The van der Waals surface area contributed by atoms with E-state index < -0.39 is 11.5 Å². The highest BCUT2D eigenvalue weighted by Crippen LogP contribution is 2.27. The van der Waals surface area contributed by atoms with E-state index in [-0.39, 0.29) is 16.2 Å². The van der Waals surface area contributed by atoms with Crippen LogP contribution in [-0.2, 0) is 0 Å². The number of halogens is 3. The summed E-state index contributed by atoms with van der Waals surface area (Å²) in [7, 11) is 0. The van der Waals surface area contributed by atoms with Gasteiger partial charge in [-0.1, -0.05) is 40.9 Å². The molecule has 0 saturated carbocycles. The highest BCUT2D eigenvalue weighted by molar-refractivity contribution is 6.38. The first-order chi connectivity index (χ1) is 11.3. The Labute approximate surface area is 151 Å². The molecule has 0 saturated heterocycles. The molecule has 24 heavy (non-hydrogen) atoms. The van der Waals surface area contributed by atoms with Gasteiger partial charge in [0.1, 0.15) is 5.56 Å². The second-order valence-electron chi connectivity index (χ2n) is 5.17. The van der Waals surface area contributed by atoms with E-state index >= 15 is 0 Å². The number of hydrogen-bond acceptors (Lipinski definition) is 3. The molecule has 1 amide bonds. The van der Waals surface area contributed by atoms with Crippen molar-refractivity contribution in [3.63, 3.8) is 0 Å². The Morgan fingerprint density at radius 2 is 1.79 bits per heavy atom. The largest absolute Gasteiger partial charge is 0.421 e. The predicted octanol–water partition coefficient (Wildman–Crippen LogP) is 5.31. The molecule has 3 aromatic rings. The van der Waals surface area contributed by atoms with Crippen molar-refractivity contribution in [2.45, 2.75) is 6.92 Å². The second-order valence-corrected chi connectivity index (χ2v) is 6.45. The number of amides is 1. The maximum atomic E-state index is 12.4. The molecule has 0 fully saturated rings. The van der Waals surface area contributed by atoms with E-state index in [4.69, 9.17) is 39.2 Å². The maximum absolute atomic E-state index is 12.4. The molecule has 1 aromatic heterocycles. The molecule has 4 nitrogen and oxygen atoms in total. The summed E-state index contributed by atoms with van der Waals surface area (Å²) in [6.07, 6.45) is 0. The zero-order valence-electron chi connectivity index (χ0n) is 12.3. The van der Waals surface area contributed by atoms with E-state index in [2.05, 4.69) is 5.32 Å². The molecule has 3 rings (SSSR count). The minimum atomic E-state index is -0.788. The molecule has 0 spiro atoms. The molecule has 7 heteroatoms. The van der Waals surface area contributed by atoms with E-state index in [9.17, 15) is 9.59 Å². The van der Waals surface area contributed by atoms with Crippen LogP contribution in [0.1, 0.15) is 15.9 Å². The minimum absolute atomic E-state index is 0.153. The zero-order chi connectivity index (χ0) is 17.4. The van der Waals surface area contributed by atoms with Crippen molar-refractivity contribution in [2.75, 3.05) is 5.32 Å². The van der Waals surface area contributed by atoms with Crippen molar-refractivity contribution in [3.05, 3.63) is 73.0 Å². The maximum Gasteiger partial charge on any atom is 0.349 e. The van der Waals surface area contributed by atoms with Gasteiger partial charge in [-0.2, -0.15) is 0 Å². The van der Waals surface area contributed by atoms with Crippen molar-refractivity contribution in [1.29, 1.82) is 0 Å². The number of rotatable bonds is 2. The summed E-state index contributed by atoms with van der Waals surface area (Å²) >= 11 is 17.9. The first-order valence-electron chi connectivity index (χ1n) is 6.85.